The molecule has 2 aromatic rings. The molecule has 1 saturated carbocycles. The van der Waals surface area contributed by atoms with Gasteiger partial charge in [0.15, 0.2) is 0 Å². The van der Waals surface area contributed by atoms with Crippen LogP contribution in [0.5, 0.6) is 0 Å². The molecule has 1 amide bonds. The molecule has 0 radical (unpaired) electrons. The van der Waals surface area contributed by atoms with Gasteiger partial charge in [0.1, 0.15) is 5.01 Å². The second-order valence-electron chi connectivity index (χ2n) is 4.60. The lowest BCUT2D eigenvalue weighted by molar-refractivity contribution is 0.102. The molecule has 20 heavy (non-hydrogen) atoms. The highest BCUT2D eigenvalue weighted by atomic mass is 32.1. The summed E-state index contributed by atoms with van der Waals surface area (Å²) in [6.45, 7) is 0. The number of rotatable bonds is 4. The lowest BCUT2D eigenvalue weighted by Gasteiger charge is -2.03. The number of alkyl halides is 2. The zero-order chi connectivity index (χ0) is 14.1. The predicted octanol–water partition coefficient (Wildman–Crippen LogP) is 3.61. The van der Waals surface area contributed by atoms with Gasteiger partial charge in [0, 0.05) is 17.0 Å². The maximum absolute atomic E-state index is 12.4. The van der Waals surface area contributed by atoms with Gasteiger partial charge in [-0.1, -0.05) is 23.5 Å². The maximum atomic E-state index is 12.4. The lowest BCUT2D eigenvalue weighted by atomic mass is 10.1. The van der Waals surface area contributed by atoms with Gasteiger partial charge in [0.2, 0.25) is 5.13 Å². The van der Waals surface area contributed by atoms with Crippen LogP contribution in [0.4, 0.5) is 13.9 Å². The van der Waals surface area contributed by atoms with Crippen molar-refractivity contribution in [1.29, 1.82) is 0 Å². The minimum atomic E-state index is -2.53. The van der Waals surface area contributed by atoms with E-state index in [1.54, 1.807) is 0 Å². The summed E-state index contributed by atoms with van der Waals surface area (Å²) in [6.07, 6.45) is -0.286. The number of benzene rings is 1. The Morgan fingerprint density at radius 3 is 2.55 bits per heavy atom. The van der Waals surface area contributed by atoms with Gasteiger partial charge < -0.3 is 0 Å². The van der Waals surface area contributed by atoms with Crippen LogP contribution in [0.15, 0.2) is 24.3 Å². The molecule has 0 bridgehead atoms. The number of aromatic nitrogens is 2. The topological polar surface area (TPSA) is 54.9 Å². The molecule has 7 heteroatoms. The molecule has 0 saturated heterocycles. The summed E-state index contributed by atoms with van der Waals surface area (Å²) in [5.74, 6) is 0.118. The third-order valence-corrected chi connectivity index (χ3v) is 4.01. The van der Waals surface area contributed by atoms with Crippen molar-refractivity contribution in [2.75, 3.05) is 5.32 Å². The Morgan fingerprint density at radius 1 is 1.25 bits per heavy atom. The molecule has 1 aliphatic rings. The summed E-state index contributed by atoms with van der Waals surface area (Å²) in [5.41, 5.74) is 0.214. The average molecular weight is 295 g/mol. The van der Waals surface area contributed by atoms with Gasteiger partial charge in [-0.05, 0) is 25.0 Å². The summed E-state index contributed by atoms with van der Waals surface area (Å²) in [4.78, 5) is 11.9. The van der Waals surface area contributed by atoms with Gasteiger partial charge in [-0.3, -0.25) is 10.1 Å². The van der Waals surface area contributed by atoms with Crippen LogP contribution >= 0.6 is 11.3 Å². The lowest BCUT2D eigenvalue weighted by Crippen LogP contribution is -2.11. The minimum Gasteiger partial charge on any atom is -0.296 e. The van der Waals surface area contributed by atoms with E-state index < -0.39 is 6.43 Å². The second-order valence-corrected chi connectivity index (χ2v) is 5.61. The predicted molar refractivity (Wildman–Crippen MR) is 71.2 cm³/mol. The highest BCUT2D eigenvalue weighted by Gasteiger charge is 2.27. The van der Waals surface area contributed by atoms with Crippen LogP contribution in [-0.2, 0) is 0 Å². The molecule has 0 spiro atoms. The van der Waals surface area contributed by atoms with Gasteiger partial charge in [0.05, 0.1) is 0 Å². The van der Waals surface area contributed by atoms with Crippen molar-refractivity contribution in [3.63, 3.8) is 0 Å². The number of halogens is 2. The van der Waals surface area contributed by atoms with Crippen LogP contribution in [0, 0.1) is 0 Å². The number of nitrogens with one attached hydrogen (secondary N) is 1. The monoisotopic (exact) mass is 295 g/mol. The Bertz CT molecular complexity index is 623. The largest absolute Gasteiger partial charge is 0.296 e. The molecule has 1 aliphatic carbocycles. The van der Waals surface area contributed by atoms with Crippen molar-refractivity contribution in [2.24, 2.45) is 0 Å². The third kappa shape index (κ3) is 2.82. The first-order valence-corrected chi connectivity index (χ1v) is 6.98. The fraction of sp³-hybridized carbons (Fsp3) is 0.308. The first kappa shape index (κ1) is 13.1. The van der Waals surface area contributed by atoms with Crippen LogP contribution in [0.25, 0.3) is 0 Å². The van der Waals surface area contributed by atoms with Crippen LogP contribution in [-0.4, -0.2) is 16.1 Å². The highest BCUT2D eigenvalue weighted by Crippen LogP contribution is 2.42. The van der Waals surface area contributed by atoms with Gasteiger partial charge in [-0.15, -0.1) is 10.2 Å². The molecule has 1 aromatic heterocycles. The number of carbonyl (C=O) groups excluding carboxylic acids is 1. The Labute approximate surface area is 117 Å². The van der Waals surface area contributed by atoms with Crippen molar-refractivity contribution >= 4 is 22.4 Å². The third-order valence-electron chi connectivity index (χ3n) is 3.01. The summed E-state index contributed by atoms with van der Waals surface area (Å²) in [6, 6.07) is 5.24. The molecule has 3 rings (SSSR count). The fourth-order valence-corrected chi connectivity index (χ4v) is 2.64. The van der Waals surface area contributed by atoms with Crippen LogP contribution < -0.4 is 5.32 Å². The maximum Gasteiger partial charge on any atom is 0.263 e. The number of amides is 1. The van der Waals surface area contributed by atoms with Crippen molar-refractivity contribution in [3.05, 3.63) is 40.4 Å². The van der Waals surface area contributed by atoms with Crippen LogP contribution in [0.3, 0.4) is 0 Å². The molecular weight excluding hydrogens is 284 g/mol. The van der Waals surface area contributed by atoms with E-state index in [1.165, 1.54) is 35.6 Å². The van der Waals surface area contributed by atoms with Gasteiger partial charge in [-0.25, -0.2) is 8.78 Å². The Kier molecular flexibility index (Phi) is 3.43. The molecule has 0 atom stereocenters. The second kappa shape index (κ2) is 5.24. The first-order chi connectivity index (χ1) is 9.63. The number of carbonyl (C=O) groups is 1. The SMILES string of the molecule is O=C(Nc1nnc(C2CC2)s1)c1ccc(C(F)F)cc1. The minimum absolute atomic E-state index is 0.103. The van der Waals surface area contributed by atoms with E-state index in [0.717, 1.165) is 17.8 Å². The summed E-state index contributed by atoms with van der Waals surface area (Å²) >= 11 is 1.36. The number of hydrogen-bond acceptors (Lipinski definition) is 4. The normalized spacial score (nSPS) is 14.6. The molecule has 1 fully saturated rings. The summed E-state index contributed by atoms with van der Waals surface area (Å²) in [5, 5.41) is 11.9. The van der Waals surface area contributed by atoms with E-state index in [0.29, 0.717) is 16.6 Å². The van der Waals surface area contributed by atoms with Crippen LogP contribution in [0.1, 0.15) is 46.1 Å². The highest BCUT2D eigenvalue weighted by molar-refractivity contribution is 7.15. The van der Waals surface area contributed by atoms with Crippen molar-refractivity contribution < 1.29 is 13.6 Å². The smallest absolute Gasteiger partial charge is 0.263 e. The van der Waals surface area contributed by atoms with Crippen molar-refractivity contribution in [3.8, 4) is 0 Å². The zero-order valence-electron chi connectivity index (χ0n) is 10.3. The fourth-order valence-electron chi connectivity index (χ4n) is 1.73. The Hall–Kier alpha value is -1.89. The summed E-state index contributed by atoms with van der Waals surface area (Å²) in [7, 11) is 0. The standard InChI is InChI=1S/C13H11F2N3OS/c14-10(15)7-1-3-8(4-2-7)11(19)16-13-18-17-12(20-13)9-5-6-9/h1-4,9-10H,5-6H2,(H,16,18,19). The molecule has 1 aromatic carbocycles. The van der Waals surface area contributed by atoms with Crippen molar-refractivity contribution in [1.82, 2.24) is 10.2 Å². The number of hydrogen-bond donors (Lipinski definition) is 1. The van der Waals surface area contributed by atoms with Crippen LogP contribution in [0.2, 0.25) is 0 Å². The van der Waals surface area contributed by atoms with E-state index in [4.69, 9.17) is 0 Å². The van der Waals surface area contributed by atoms with E-state index in [1.807, 2.05) is 0 Å². The van der Waals surface area contributed by atoms with Gasteiger partial charge in [-0.2, -0.15) is 0 Å². The molecule has 4 nitrogen and oxygen atoms in total. The molecular formula is C13H11F2N3OS. The molecule has 104 valence electrons. The van der Waals surface area contributed by atoms with Gasteiger partial charge >= 0.3 is 0 Å². The van der Waals surface area contributed by atoms with Gasteiger partial charge in [0.25, 0.3) is 12.3 Å². The van der Waals surface area contributed by atoms with E-state index >= 15 is 0 Å². The van der Waals surface area contributed by atoms with E-state index in [2.05, 4.69) is 15.5 Å². The number of nitrogens with zero attached hydrogens (tertiary/aromatic N) is 2. The first-order valence-electron chi connectivity index (χ1n) is 6.16. The Balaban J connectivity index is 1.68. The molecule has 1 heterocycles. The number of anilines is 1. The quantitative estimate of drug-likeness (QED) is 0.937. The van der Waals surface area contributed by atoms with E-state index in [-0.39, 0.29) is 11.5 Å². The van der Waals surface area contributed by atoms with E-state index in [9.17, 15) is 13.6 Å². The molecule has 1 N–H and O–H groups in total. The molecule has 0 aliphatic heterocycles. The summed E-state index contributed by atoms with van der Waals surface area (Å²) < 4.78 is 24.8. The molecule has 0 unspecified atom stereocenters. The average Bonchev–Trinajstić information content (AvgIpc) is 3.20. The Morgan fingerprint density at radius 2 is 1.95 bits per heavy atom. The van der Waals surface area contributed by atoms with Crippen molar-refractivity contribution in [2.45, 2.75) is 25.2 Å². The zero-order valence-corrected chi connectivity index (χ0v) is 11.2.